The second-order valence-corrected chi connectivity index (χ2v) is 10.6. The largest absolute Gasteiger partial charge is 0.405 e. The standard InChI is InChI=1S/C16H19ClN4O5S2/c17-12-5-6-13(27-12)28(23,24)21-7-1-3-10(9-21)14(22)18-16-20-19-15(26-16)11-4-2-8-25-11/h5-6,10-11H,1-4,7-9H2,(H,18,20,22)/t10-,11+/m1/s1. The fourth-order valence-electron chi connectivity index (χ4n) is 3.33. The molecule has 1 N–H and O–H groups in total. The number of rotatable bonds is 5. The molecule has 12 heteroatoms. The zero-order valence-electron chi connectivity index (χ0n) is 14.8. The molecule has 2 atom stereocenters. The van der Waals surface area contributed by atoms with E-state index in [1.54, 1.807) is 6.07 Å². The van der Waals surface area contributed by atoms with E-state index in [4.69, 9.17) is 20.8 Å². The molecule has 0 saturated carbocycles. The molecular formula is C16H19ClN4O5S2. The minimum Gasteiger partial charge on any atom is -0.405 e. The number of halogens is 1. The quantitative estimate of drug-likeness (QED) is 0.750. The number of anilines is 1. The molecular weight excluding hydrogens is 428 g/mol. The number of carbonyl (C=O) groups is 1. The summed E-state index contributed by atoms with van der Waals surface area (Å²) in [5, 5.41) is 10.4. The Morgan fingerprint density at radius 1 is 1.29 bits per heavy atom. The predicted octanol–water partition coefficient (Wildman–Crippen LogP) is 2.68. The Morgan fingerprint density at radius 2 is 2.14 bits per heavy atom. The monoisotopic (exact) mass is 446 g/mol. The Labute approximate surface area is 171 Å². The van der Waals surface area contributed by atoms with Gasteiger partial charge in [-0.15, -0.1) is 16.4 Å². The van der Waals surface area contributed by atoms with Crippen LogP contribution in [0.4, 0.5) is 6.01 Å². The fourth-order valence-corrected chi connectivity index (χ4v) is 6.49. The fraction of sp³-hybridized carbons (Fsp3) is 0.562. The van der Waals surface area contributed by atoms with Crippen molar-refractivity contribution in [1.29, 1.82) is 0 Å². The molecule has 0 aliphatic carbocycles. The van der Waals surface area contributed by atoms with Crippen molar-refractivity contribution >= 4 is 44.9 Å². The van der Waals surface area contributed by atoms with E-state index in [1.807, 2.05) is 0 Å². The topological polar surface area (TPSA) is 115 Å². The number of piperidine rings is 1. The Hall–Kier alpha value is -1.53. The van der Waals surface area contributed by atoms with Crippen LogP contribution in [0.3, 0.4) is 0 Å². The van der Waals surface area contributed by atoms with Crippen molar-refractivity contribution in [2.75, 3.05) is 25.0 Å². The molecule has 2 saturated heterocycles. The summed E-state index contributed by atoms with van der Waals surface area (Å²) >= 11 is 6.87. The molecule has 2 aromatic rings. The first-order valence-electron chi connectivity index (χ1n) is 8.95. The highest BCUT2D eigenvalue weighted by Gasteiger charge is 2.34. The van der Waals surface area contributed by atoms with E-state index in [2.05, 4.69) is 15.5 Å². The molecule has 152 valence electrons. The minimum atomic E-state index is -3.67. The maximum atomic E-state index is 12.8. The van der Waals surface area contributed by atoms with E-state index in [9.17, 15) is 13.2 Å². The van der Waals surface area contributed by atoms with Crippen LogP contribution in [0.5, 0.6) is 0 Å². The van der Waals surface area contributed by atoms with Crippen molar-refractivity contribution in [3.05, 3.63) is 22.4 Å². The van der Waals surface area contributed by atoms with Gasteiger partial charge >= 0.3 is 6.01 Å². The summed E-state index contributed by atoms with van der Waals surface area (Å²) in [4.78, 5) is 12.6. The summed E-state index contributed by atoms with van der Waals surface area (Å²) in [5.74, 6) is -0.501. The highest BCUT2D eigenvalue weighted by atomic mass is 35.5. The van der Waals surface area contributed by atoms with Crippen LogP contribution < -0.4 is 5.32 Å². The number of hydrogen-bond donors (Lipinski definition) is 1. The highest BCUT2D eigenvalue weighted by Crippen LogP contribution is 2.31. The summed E-state index contributed by atoms with van der Waals surface area (Å²) in [6.07, 6.45) is 2.66. The molecule has 0 bridgehead atoms. The first-order chi connectivity index (χ1) is 13.4. The number of sulfonamides is 1. The lowest BCUT2D eigenvalue weighted by molar-refractivity contribution is -0.121. The lowest BCUT2D eigenvalue weighted by Crippen LogP contribution is -2.43. The van der Waals surface area contributed by atoms with Gasteiger partial charge in [0.2, 0.25) is 11.8 Å². The molecule has 4 rings (SSSR count). The molecule has 9 nitrogen and oxygen atoms in total. The third-order valence-electron chi connectivity index (χ3n) is 4.77. The van der Waals surface area contributed by atoms with Crippen LogP contribution in [-0.2, 0) is 19.6 Å². The summed E-state index contributed by atoms with van der Waals surface area (Å²) in [5.41, 5.74) is 0. The van der Waals surface area contributed by atoms with Crippen LogP contribution in [0.1, 0.15) is 37.7 Å². The predicted molar refractivity (Wildman–Crippen MR) is 102 cm³/mol. The van der Waals surface area contributed by atoms with Gasteiger partial charge in [-0.05, 0) is 37.8 Å². The van der Waals surface area contributed by atoms with Crippen LogP contribution in [0.25, 0.3) is 0 Å². The smallest absolute Gasteiger partial charge is 0.322 e. The maximum absolute atomic E-state index is 12.8. The Balaban J connectivity index is 1.41. The van der Waals surface area contributed by atoms with Gasteiger partial charge < -0.3 is 9.15 Å². The van der Waals surface area contributed by atoms with E-state index < -0.39 is 15.9 Å². The lowest BCUT2D eigenvalue weighted by atomic mass is 9.99. The Bertz CT molecular complexity index is 954. The zero-order valence-corrected chi connectivity index (χ0v) is 17.2. The van der Waals surface area contributed by atoms with Gasteiger partial charge in [-0.25, -0.2) is 8.42 Å². The lowest BCUT2D eigenvalue weighted by Gasteiger charge is -2.30. The second kappa shape index (κ2) is 8.07. The molecule has 0 spiro atoms. The maximum Gasteiger partial charge on any atom is 0.322 e. The molecule has 28 heavy (non-hydrogen) atoms. The third-order valence-corrected chi connectivity index (χ3v) is 8.34. The van der Waals surface area contributed by atoms with Crippen molar-refractivity contribution in [2.45, 2.75) is 36.0 Å². The highest BCUT2D eigenvalue weighted by molar-refractivity contribution is 7.91. The number of thiophene rings is 1. The molecule has 0 radical (unpaired) electrons. The number of nitrogens with one attached hydrogen (secondary N) is 1. The summed E-state index contributed by atoms with van der Waals surface area (Å²) < 4.78 is 38.4. The number of carbonyl (C=O) groups excluding carboxylic acids is 1. The molecule has 0 aromatic carbocycles. The molecule has 0 unspecified atom stereocenters. The molecule has 4 heterocycles. The number of nitrogens with zero attached hydrogens (tertiary/aromatic N) is 3. The molecule has 2 fully saturated rings. The first-order valence-corrected chi connectivity index (χ1v) is 11.6. The summed E-state index contributed by atoms with van der Waals surface area (Å²) in [6.45, 7) is 1.11. The molecule has 2 aliphatic heterocycles. The van der Waals surface area contributed by atoms with Gasteiger partial charge in [0.15, 0.2) is 0 Å². The number of aromatic nitrogens is 2. The van der Waals surface area contributed by atoms with Crippen molar-refractivity contribution in [3.63, 3.8) is 0 Å². The number of amides is 1. The Kier molecular flexibility index (Phi) is 5.70. The molecule has 1 amide bonds. The van der Waals surface area contributed by atoms with Crippen LogP contribution in [0.15, 0.2) is 20.8 Å². The van der Waals surface area contributed by atoms with Gasteiger partial charge in [0.25, 0.3) is 10.0 Å². The van der Waals surface area contributed by atoms with E-state index in [1.165, 1.54) is 10.4 Å². The zero-order chi connectivity index (χ0) is 19.7. The number of ether oxygens (including phenoxy) is 1. The average molecular weight is 447 g/mol. The van der Waals surface area contributed by atoms with E-state index in [-0.39, 0.29) is 28.8 Å². The second-order valence-electron chi connectivity index (χ2n) is 6.70. The van der Waals surface area contributed by atoms with E-state index in [0.29, 0.717) is 36.2 Å². The Morgan fingerprint density at radius 3 is 2.86 bits per heavy atom. The third kappa shape index (κ3) is 4.08. The van der Waals surface area contributed by atoms with Crippen molar-refractivity contribution < 1.29 is 22.4 Å². The molecule has 2 aromatic heterocycles. The van der Waals surface area contributed by atoms with Gasteiger partial charge in [-0.1, -0.05) is 16.7 Å². The van der Waals surface area contributed by atoms with Gasteiger partial charge in [-0.3, -0.25) is 10.1 Å². The van der Waals surface area contributed by atoms with Crippen molar-refractivity contribution in [3.8, 4) is 0 Å². The van der Waals surface area contributed by atoms with Gasteiger partial charge in [-0.2, -0.15) is 4.31 Å². The number of hydrogen-bond acceptors (Lipinski definition) is 8. The normalized spacial score (nSPS) is 23.8. The van der Waals surface area contributed by atoms with Gasteiger partial charge in [0.1, 0.15) is 10.3 Å². The van der Waals surface area contributed by atoms with Gasteiger partial charge in [0, 0.05) is 19.7 Å². The van der Waals surface area contributed by atoms with Crippen molar-refractivity contribution in [1.82, 2.24) is 14.5 Å². The van der Waals surface area contributed by atoms with E-state index >= 15 is 0 Å². The first kappa shape index (κ1) is 19.8. The van der Waals surface area contributed by atoms with Gasteiger partial charge in [0.05, 0.1) is 10.3 Å². The summed E-state index contributed by atoms with van der Waals surface area (Å²) in [7, 11) is -3.67. The summed E-state index contributed by atoms with van der Waals surface area (Å²) in [6, 6.07) is 3.03. The van der Waals surface area contributed by atoms with Crippen LogP contribution in [0.2, 0.25) is 4.34 Å². The minimum absolute atomic E-state index is 0.000481. The van der Waals surface area contributed by atoms with Crippen molar-refractivity contribution in [2.24, 2.45) is 5.92 Å². The molecule has 2 aliphatic rings. The average Bonchev–Trinajstić information content (AvgIpc) is 3.43. The van der Waals surface area contributed by atoms with E-state index in [0.717, 1.165) is 24.2 Å². The van der Waals surface area contributed by atoms with Crippen LogP contribution in [0, 0.1) is 5.92 Å². The van der Waals surface area contributed by atoms with Crippen LogP contribution >= 0.6 is 22.9 Å². The van der Waals surface area contributed by atoms with Crippen LogP contribution in [-0.4, -0.2) is 48.5 Å². The SMILES string of the molecule is O=C(Nc1nnc([C@@H]2CCCO2)o1)[C@@H]1CCCN(S(=O)(=O)c2ccc(Cl)s2)C1.